The van der Waals surface area contributed by atoms with Gasteiger partial charge < -0.3 is 9.64 Å². The molecule has 0 N–H and O–H groups in total. The van der Waals surface area contributed by atoms with Crippen molar-refractivity contribution in [2.24, 2.45) is 0 Å². The fourth-order valence-electron chi connectivity index (χ4n) is 2.08. The van der Waals surface area contributed by atoms with Crippen molar-refractivity contribution in [2.75, 3.05) is 18.8 Å². The Hall–Kier alpha value is -0.880. The molecule has 18 heavy (non-hydrogen) atoms. The van der Waals surface area contributed by atoms with Gasteiger partial charge in [0, 0.05) is 13.1 Å². The maximum atomic E-state index is 12.2. The summed E-state index contributed by atoms with van der Waals surface area (Å²) in [5.41, 5.74) is 0. The lowest BCUT2D eigenvalue weighted by molar-refractivity contribution is -0.142. The predicted molar refractivity (Wildman–Crippen MR) is 70.0 cm³/mol. The largest absolute Gasteiger partial charge is 0.372 e. The number of rotatable bonds is 4. The summed E-state index contributed by atoms with van der Waals surface area (Å²) in [4.78, 5) is 13.7. The first-order valence-electron chi connectivity index (χ1n) is 6.04. The van der Waals surface area contributed by atoms with Crippen LogP contribution in [-0.2, 0) is 19.4 Å². The molecule has 0 aliphatic carbocycles. The van der Waals surface area contributed by atoms with Gasteiger partial charge in [-0.2, -0.15) is 0 Å². The SMILES string of the molecule is C=CCS(=O)(=O)C(C)C(=O)N1CC(C)OC(C)C1. The zero-order valence-electron chi connectivity index (χ0n) is 11.1. The molecular weight excluding hydrogens is 254 g/mol. The minimum atomic E-state index is -3.44. The van der Waals surface area contributed by atoms with E-state index in [0.717, 1.165) is 0 Å². The molecule has 6 heteroatoms. The molecular formula is C12H21NO4S. The van der Waals surface area contributed by atoms with Crippen LogP contribution in [0, 0.1) is 0 Å². The number of nitrogens with zero attached hydrogens (tertiary/aromatic N) is 1. The van der Waals surface area contributed by atoms with Gasteiger partial charge in [-0.15, -0.1) is 6.58 Å². The second kappa shape index (κ2) is 5.84. The Bertz CT molecular complexity index is 408. The molecule has 1 amide bonds. The minimum Gasteiger partial charge on any atom is -0.372 e. The average molecular weight is 275 g/mol. The van der Waals surface area contributed by atoms with Gasteiger partial charge >= 0.3 is 0 Å². The normalized spacial score (nSPS) is 26.7. The first kappa shape index (κ1) is 15.2. The summed E-state index contributed by atoms with van der Waals surface area (Å²) in [6, 6.07) is 0. The monoisotopic (exact) mass is 275 g/mol. The summed E-state index contributed by atoms with van der Waals surface area (Å²) < 4.78 is 29.2. The molecule has 0 bridgehead atoms. The van der Waals surface area contributed by atoms with Gasteiger partial charge in [0.1, 0.15) is 5.25 Å². The van der Waals surface area contributed by atoms with Crippen molar-refractivity contribution in [3.05, 3.63) is 12.7 Å². The average Bonchev–Trinajstić information content (AvgIpc) is 2.25. The number of morpholine rings is 1. The van der Waals surface area contributed by atoms with Gasteiger partial charge in [0.05, 0.1) is 18.0 Å². The van der Waals surface area contributed by atoms with Gasteiger partial charge in [-0.25, -0.2) is 8.42 Å². The molecule has 1 aliphatic heterocycles. The van der Waals surface area contributed by atoms with Crippen LogP contribution >= 0.6 is 0 Å². The minimum absolute atomic E-state index is 0.0630. The quantitative estimate of drug-likeness (QED) is 0.705. The third-order valence-electron chi connectivity index (χ3n) is 2.97. The zero-order chi connectivity index (χ0) is 13.9. The van der Waals surface area contributed by atoms with Crippen LogP contribution in [-0.4, -0.2) is 55.5 Å². The van der Waals surface area contributed by atoms with Gasteiger partial charge in [-0.1, -0.05) is 6.08 Å². The van der Waals surface area contributed by atoms with E-state index in [4.69, 9.17) is 4.74 Å². The smallest absolute Gasteiger partial charge is 0.240 e. The maximum absolute atomic E-state index is 12.2. The summed E-state index contributed by atoms with van der Waals surface area (Å²) in [5.74, 6) is -0.520. The molecule has 0 aromatic carbocycles. The Kier molecular flexibility index (Phi) is 4.92. The number of carbonyl (C=O) groups is 1. The van der Waals surface area contributed by atoms with Crippen LogP contribution in [0.3, 0.4) is 0 Å². The highest BCUT2D eigenvalue weighted by Gasteiger charge is 2.34. The lowest BCUT2D eigenvalue weighted by atomic mass is 10.2. The van der Waals surface area contributed by atoms with Gasteiger partial charge in [0.25, 0.3) is 0 Å². The zero-order valence-corrected chi connectivity index (χ0v) is 11.9. The second-order valence-corrected chi connectivity index (χ2v) is 7.13. The van der Waals surface area contributed by atoms with Gasteiger partial charge in [0.2, 0.25) is 5.91 Å². The molecule has 1 aliphatic rings. The maximum Gasteiger partial charge on any atom is 0.240 e. The third kappa shape index (κ3) is 3.55. The molecule has 0 aromatic rings. The molecule has 1 fully saturated rings. The van der Waals surface area contributed by atoms with Crippen molar-refractivity contribution < 1.29 is 17.9 Å². The fourth-order valence-corrected chi connectivity index (χ4v) is 3.15. The Morgan fingerprint density at radius 3 is 2.39 bits per heavy atom. The molecule has 3 unspecified atom stereocenters. The van der Waals surface area contributed by atoms with E-state index in [-0.39, 0.29) is 23.9 Å². The van der Waals surface area contributed by atoms with E-state index in [1.54, 1.807) is 4.90 Å². The van der Waals surface area contributed by atoms with Crippen molar-refractivity contribution in [3.8, 4) is 0 Å². The summed E-state index contributed by atoms with van der Waals surface area (Å²) in [6.45, 7) is 9.47. The van der Waals surface area contributed by atoms with E-state index in [9.17, 15) is 13.2 Å². The molecule has 0 saturated carbocycles. The molecule has 1 saturated heterocycles. The van der Waals surface area contributed by atoms with Crippen LogP contribution in [0.2, 0.25) is 0 Å². The van der Waals surface area contributed by atoms with Gasteiger partial charge in [-0.3, -0.25) is 4.79 Å². The summed E-state index contributed by atoms with van der Waals surface area (Å²) in [6.07, 6.45) is 1.18. The number of hydrogen-bond acceptors (Lipinski definition) is 4. The summed E-state index contributed by atoms with van der Waals surface area (Å²) in [5, 5.41) is -1.02. The Morgan fingerprint density at radius 2 is 1.94 bits per heavy atom. The number of sulfone groups is 1. The van der Waals surface area contributed by atoms with Crippen LogP contribution in [0.4, 0.5) is 0 Å². The van der Waals surface area contributed by atoms with Crippen LogP contribution in [0.15, 0.2) is 12.7 Å². The highest BCUT2D eigenvalue weighted by atomic mass is 32.2. The third-order valence-corrected chi connectivity index (χ3v) is 4.95. The topological polar surface area (TPSA) is 63.7 Å². The van der Waals surface area contributed by atoms with Crippen molar-refractivity contribution in [3.63, 3.8) is 0 Å². The molecule has 104 valence electrons. The van der Waals surface area contributed by atoms with Crippen LogP contribution in [0.25, 0.3) is 0 Å². The molecule has 0 aromatic heterocycles. The predicted octanol–water partition coefficient (Wildman–Crippen LogP) is 0.612. The highest BCUT2D eigenvalue weighted by Crippen LogP contribution is 2.14. The number of hydrogen-bond donors (Lipinski definition) is 0. The van der Waals surface area contributed by atoms with Crippen LogP contribution in [0.1, 0.15) is 20.8 Å². The van der Waals surface area contributed by atoms with E-state index in [0.29, 0.717) is 13.1 Å². The van der Waals surface area contributed by atoms with Crippen molar-refractivity contribution in [2.45, 2.75) is 38.2 Å². The highest BCUT2D eigenvalue weighted by molar-refractivity contribution is 7.92. The standard InChI is InChI=1S/C12H21NO4S/c1-5-6-18(15,16)11(4)12(14)13-7-9(2)17-10(3)8-13/h5,9-11H,1,6-8H2,2-4H3. The number of ether oxygens (including phenoxy) is 1. The molecule has 0 radical (unpaired) electrons. The van der Waals surface area contributed by atoms with E-state index in [2.05, 4.69) is 6.58 Å². The van der Waals surface area contributed by atoms with Gasteiger partial charge in [0.15, 0.2) is 9.84 Å². The van der Waals surface area contributed by atoms with Crippen LogP contribution < -0.4 is 0 Å². The molecule has 1 rings (SSSR count). The van der Waals surface area contributed by atoms with Gasteiger partial charge in [-0.05, 0) is 20.8 Å². The Morgan fingerprint density at radius 1 is 1.44 bits per heavy atom. The van der Waals surface area contributed by atoms with Crippen LogP contribution in [0.5, 0.6) is 0 Å². The molecule has 3 atom stereocenters. The van der Waals surface area contributed by atoms with Crippen molar-refractivity contribution >= 4 is 15.7 Å². The van der Waals surface area contributed by atoms with Crippen molar-refractivity contribution in [1.29, 1.82) is 0 Å². The summed E-state index contributed by atoms with van der Waals surface area (Å²) >= 11 is 0. The molecule has 5 nitrogen and oxygen atoms in total. The molecule has 1 heterocycles. The fraction of sp³-hybridized carbons (Fsp3) is 0.750. The Balaban J connectivity index is 2.77. The lowest BCUT2D eigenvalue weighted by Crippen LogP contribution is -2.52. The second-order valence-electron chi connectivity index (χ2n) is 4.76. The lowest BCUT2D eigenvalue weighted by Gasteiger charge is -2.36. The Labute approximate surface area is 109 Å². The van der Waals surface area contributed by atoms with E-state index in [1.165, 1.54) is 13.0 Å². The number of amides is 1. The molecule has 0 spiro atoms. The first-order chi connectivity index (χ1) is 8.27. The first-order valence-corrected chi connectivity index (χ1v) is 7.76. The summed E-state index contributed by atoms with van der Waals surface area (Å²) in [7, 11) is -3.44. The van der Waals surface area contributed by atoms with Crippen molar-refractivity contribution in [1.82, 2.24) is 4.90 Å². The number of carbonyl (C=O) groups excluding carboxylic acids is 1. The van der Waals surface area contributed by atoms with E-state index < -0.39 is 15.1 Å². The van der Waals surface area contributed by atoms with E-state index >= 15 is 0 Å². The van der Waals surface area contributed by atoms with E-state index in [1.807, 2.05) is 13.8 Å².